The fourth-order valence-electron chi connectivity index (χ4n) is 2.94. The van der Waals surface area contributed by atoms with Gasteiger partial charge in [0.2, 0.25) is 5.91 Å². The molecule has 2 atom stereocenters. The predicted octanol–water partition coefficient (Wildman–Crippen LogP) is 0.854. The maximum Gasteiger partial charge on any atom is 0.230 e. The maximum absolute atomic E-state index is 12.6. The molecule has 3 rings (SSSR count). The average Bonchev–Trinajstić information content (AvgIpc) is 2.97. The van der Waals surface area contributed by atoms with E-state index >= 15 is 0 Å². The first-order valence-corrected chi connectivity index (χ1v) is 8.05. The van der Waals surface area contributed by atoms with Crippen molar-refractivity contribution in [2.24, 2.45) is 5.92 Å². The Labute approximate surface area is 148 Å². The summed E-state index contributed by atoms with van der Waals surface area (Å²) in [6.45, 7) is 6.64. The minimum atomic E-state index is -0.688. The number of aliphatic hydroxyl groups excluding tert-OH is 1. The van der Waals surface area contributed by atoms with Crippen LogP contribution < -0.4 is 20.1 Å². The SMILES string of the molecule is CC(C)(C(=O)NCC1CNCC1O)c1ccc2c(c1)OCCO2.Cl. The Morgan fingerprint density at radius 1 is 1.29 bits per heavy atom. The van der Waals surface area contributed by atoms with Crippen LogP contribution in [0.2, 0.25) is 0 Å². The number of aliphatic hydroxyl groups is 1. The number of halogens is 1. The van der Waals surface area contributed by atoms with Gasteiger partial charge < -0.3 is 25.2 Å². The van der Waals surface area contributed by atoms with Crippen LogP contribution in [0, 0.1) is 5.92 Å². The first-order valence-electron chi connectivity index (χ1n) is 8.05. The lowest BCUT2D eigenvalue weighted by atomic mass is 9.83. The van der Waals surface area contributed by atoms with Gasteiger partial charge in [0, 0.05) is 25.6 Å². The molecule has 1 amide bonds. The number of ether oxygens (including phenoxy) is 2. The van der Waals surface area contributed by atoms with Gasteiger partial charge in [0.15, 0.2) is 11.5 Å². The topological polar surface area (TPSA) is 79.8 Å². The molecule has 1 aromatic carbocycles. The molecule has 0 aliphatic carbocycles. The highest BCUT2D eigenvalue weighted by Crippen LogP contribution is 2.35. The standard InChI is InChI=1S/C17H24N2O4.ClH/c1-17(2,16(21)19-9-11-8-18-10-13(11)20)12-3-4-14-15(7-12)23-6-5-22-14;/h3-4,7,11,13,18,20H,5-6,8-10H2,1-2H3,(H,19,21);1H. The van der Waals surface area contributed by atoms with Crippen molar-refractivity contribution >= 4 is 18.3 Å². The molecule has 24 heavy (non-hydrogen) atoms. The van der Waals surface area contributed by atoms with Crippen LogP contribution >= 0.6 is 12.4 Å². The third-order valence-electron chi connectivity index (χ3n) is 4.66. The highest BCUT2D eigenvalue weighted by molar-refractivity contribution is 5.87. The summed E-state index contributed by atoms with van der Waals surface area (Å²) in [5.74, 6) is 1.41. The van der Waals surface area contributed by atoms with Gasteiger partial charge in [0.1, 0.15) is 13.2 Å². The molecule has 1 aromatic rings. The summed E-state index contributed by atoms with van der Waals surface area (Å²) in [7, 11) is 0. The normalized spacial score (nSPS) is 22.6. The zero-order valence-electron chi connectivity index (χ0n) is 14.0. The minimum absolute atomic E-state index is 0. The smallest absolute Gasteiger partial charge is 0.230 e. The van der Waals surface area contributed by atoms with Gasteiger partial charge in [-0.05, 0) is 31.5 Å². The summed E-state index contributed by atoms with van der Waals surface area (Å²) in [6.07, 6.45) is -0.396. The zero-order valence-corrected chi connectivity index (χ0v) is 14.8. The second-order valence-electron chi connectivity index (χ2n) is 6.68. The van der Waals surface area contributed by atoms with Crippen LogP contribution in [0.25, 0.3) is 0 Å². The number of amides is 1. The first-order chi connectivity index (χ1) is 11.0. The molecule has 0 spiro atoms. The summed E-state index contributed by atoms with van der Waals surface area (Å²) in [4.78, 5) is 12.6. The lowest BCUT2D eigenvalue weighted by molar-refractivity contribution is -0.125. The molecule has 1 fully saturated rings. The van der Waals surface area contributed by atoms with Gasteiger partial charge in [-0.15, -0.1) is 12.4 Å². The zero-order chi connectivity index (χ0) is 16.4. The molecule has 2 unspecified atom stereocenters. The molecule has 2 aliphatic rings. The summed E-state index contributed by atoms with van der Waals surface area (Å²) >= 11 is 0. The van der Waals surface area contributed by atoms with Crippen molar-refractivity contribution in [1.29, 1.82) is 0 Å². The van der Waals surface area contributed by atoms with E-state index in [4.69, 9.17) is 9.47 Å². The highest BCUT2D eigenvalue weighted by atomic mass is 35.5. The summed E-state index contributed by atoms with van der Waals surface area (Å²) in [6, 6.07) is 5.63. The molecule has 0 aromatic heterocycles. The molecule has 2 heterocycles. The number of β-amino-alcohol motifs (C(OH)–C–C–N with tert-alkyl or cyclic N) is 1. The van der Waals surface area contributed by atoms with E-state index in [0.717, 1.165) is 17.9 Å². The molecule has 0 bridgehead atoms. The third kappa shape index (κ3) is 3.77. The predicted molar refractivity (Wildman–Crippen MR) is 93.1 cm³/mol. The second kappa shape index (κ2) is 7.59. The molecule has 2 aliphatic heterocycles. The molecule has 6 nitrogen and oxygen atoms in total. The molecule has 134 valence electrons. The minimum Gasteiger partial charge on any atom is -0.486 e. The van der Waals surface area contributed by atoms with Crippen LogP contribution in [-0.4, -0.2) is 50.0 Å². The number of carbonyl (C=O) groups is 1. The Balaban J connectivity index is 0.00000208. The number of hydrogen-bond donors (Lipinski definition) is 3. The largest absolute Gasteiger partial charge is 0.486 e. The van der Waals surface area contributed by atoms with Gasteiger partial charge in [-0.25, -0.2) is 0 Å². The molecular weight excluding hydrogens is 332 g/mol. The Kier molecular flexibility index (Phi) is 5.96. The van der Waals surface area contributed by atoms with E-state index in [-0.39, 0.29) is 24.2 Å². The summed E-state index contributed by atoms with van der Waals surface area (Å²) in [5.41, 5.74) is 0.191. The van der Waals surface area contributed by atoms with Gasteiger partial charge in [0.25, 0.3) is 0 Å². The second-order valence-corrected chi connectivity index (χ2v) is 6.68. The van der Waals surface area contributed by atoms with E-state index in [9.17, 15) is 9.90 Å². The molecule has 3 N–H and O–H groups in total. The lowest BCUT2D eigenvalue weighted by Crippen LogP contribution is -2.43. The molecule has 0 radical (unpaired) electrons. The quantitative estimate of drug-likeness (QED) is 0.745. The van der Waals surface area contributed by atoms with E-state index in [1.54, 1.807) is 0 Å². The first kappa shape index (κ1) is 18.8. The van der Waals surface area contributed by atoms with Crippen molar-refractivity contribution in [3.8, 4) is 11.5 Å². The van der Waals surface area contributed by atoms with Gasteiger partial charge in [0.05, 0.1) is 11.5 Å². The van der Waals surface area contributed by atoms with E-state index < -0.39 is 11.5 Å². The van der Waals surface area contributed by atoms with Crippen molar-refractivity contribution in [2.75, 3.05) is 32.8 Å². The van der Waals surface area contributed by atoms with Gasteiger partial charge in [-0.1, -0.05) is 6.07 Å². The van der Waals surface area contributed by atoms with Gasteiger partial charge in [-0.3, -0.25) is 4.79 Å². The number of hydrogen-bond acceptors (Lipinski definition) is 5. The lowest BCUT2D eigenvalue weighted by Gasteiger charge is -2.27. The molecule has 0 saturated carbocycles. The average molecular weight is 357 g/mol. The van der Waals surface area contributed by atoms with Crippen LogP contribution in [0.4, 0.5) is 0 Å². The number of rotatable bonds is 4. The number of nitrogens with one attached hydrogen (secondary N) is 2. The molecule has 7 heteroatoms. The van der Waals surface area contributed by atoms with Gasteiger partial charge in [-0.2, -0.15) is 0 Å². The Morgan fingerprint density at radius 2 is 2.00 bits per heavy atom. The number of benzene rings is 1. The van der Waals surface area contributed by atoms with Crippen LogP contribution in [-0.2, 0) is 10.2 Å². The van der Waals surface area contributed by atoms with Crippen LogP contribution in [0.3, 0.4) is 0 Å². The summed E-state index contributed by atoms with van der Waals surface area (Å²) in [5, 5.41) is 15.9. The third-order valence-corrected chi connectivity index (χ3v) is 4.66. The van der Waals surface area contributed by atoms with Crippen molar-refractivity contribution in [3.63, 3.8) is 0 Å². The summed E-state index contributed by atoms with van der Waals surface area (Å²) < 4.78 is 11.1. The van der Waals surface area contributed by atoms with Crippen molar-refractivity contribution in [3.05, 3.63) is 23.8 Å². The fraction of sp³-hybridized carbons (Fsp3) is 0.588. The monoisotopic (exact) mass is 356 g/mol. The number of fused-ring (bicyclic) bond motifs is 1. The maximum atomic E-state index is 12.6. The van der Waals surface area contributed by atoms with Crippen molar-refractivity contribution in [2.45, 2.75) is 25.4 Å². The number of carbonyl (C=O) groups excluding carboxylic acids is 1. The highest BCUT2D eigenvalue weighted by Gasteiger charge is 2.33. The van der Waals surface area contributed by atoms with Crippen LogP contribution in [0.5, 0.6) is 11.5 Å². The Hall–Kier alpha value is -1.50. The van der Waals surface area contributed by atoms with Crippen LogP contribution in [0.15, 0.2) is 18.2 Å². The van der Waals surface area contributed by atoms with E-state index in [1.165, 1.54) is 0 Å². The molecular formula is C17H25ClN2O4. The Bertz CT molecular complexity index is 594. The van der Waals surface area contributed by atoms with Gasteiger partial charge >= 0.3 is 0 Å². The molecule has 1 saturated heterocycles. The Morgan fingerprint density at radius 3 is 2.67 bits per heavy atom. The fourth-order valence-corrected chi connectivity index (χ4v) is 2.94. The van der Waals surface area contributed by atoms with Crippen LogP contribution in [0.1, 0.15) is 19.4 Å². The van der Waals surface area contributed by atoms with E-state index in [2.05, 4.69) is 10.6 Å². The van der Waals surface area contributed by atoms with E-state index in [0.29, 0.717) is 32.1 Å². The van der Waals surface area contributed by atoms with Crippen molar-refractivity contribution in [1.82, 2.24) is 10.6 Å². The van der Waals surface area contributed by atoms with E-state index in [1.807, 2.05) is 32.0 Å². The van der Waals surface area contributed by atoms with Crippen molar-refractivity contribution < 1.29 is 19.4 Å².